The highest BCUT2D eigenvalue weighted by atomic mass is 35.5. The summed E-state index contributed by atoms with van der Waals surface area (Å²) in [4.78, 5) is 14.1. The normalized spacial score (nSPS) is 15.4. The monoisotopic (exact) mass is 538 g/mol. The zero-order valence-corrected chi connectivity index (χ0v) is 22.3. The molecule has 2 saturated heterocycles. The maximum atomic E-state index is 13.2. The maximum Gasteiger partial charge on any atom is 0.229 e. The third-order valence-electron chi connectivity index (χ3n) is 6.54. The summed E-state index contributed by atoms with van der Waals surface area (Å²) in [6.45, 7) is 6.54. The SMILES string of the molecule is CCOc1cc(/C=N\Nc2cc(N3CCCC3)nc(N3CCCC3)n2)cc(Cl)c1OCc1ccc(F)cc1. The highest BCUT2D eigenvalue weighted by Crippen LogP contribution is 2.37. The van der Waals surface area contributed by atoms with Crippen LogP contribution in [0, 0.1) is 5.82 Å². The second-order valence-electron chi connectivity index (χ2n) is 9.35. The lowest BCUT2D eigenvalue weighted by Crippen LogP contribution is -2.24. The lowest BCUT2D eigenvalue weighted by Gasteiger charge is -2.21. The molecule has 0 aliphatic carbocycles. The highest BCUT2D eigenvalue weighted by molar-refractivity contribution is 6.32. The molecule has 0 unspecified atom stereocenters. The minimum absolute atomic E-state index is 0.238. The van der Waals surface area contributed by atoms with Gasteiger partial charge in [0.1, 0.15) is 18.2 Å². The lowest BCUT2D eigenvalue weighted by molar-refractivity contribution is 0.269. The number of hydrazone groups is 1. The highest BCUT2D eigenvalue weighted by Gasteiger charge is 2.20. The number of nitrogens with zero attached hydrogens (tertiary/aromatic N) is 5. The summed E-state index contributed by atoms with van der Waals surface area (Å²) in [5, 5.41) is 4.83. The van der Waals surface area contributed by atoms with Gasteiger partial charge in [-0.15, -0.1) is 0 Å². The Morgan fingerprint density at radius 3 is 2.39 bits per heavy atom. The zero-order valence-electron chi connectivity index (χ0n) is 21.5. The minimum Gasteiger partial charge on any atom is -0.490 e. The summed E-state index contributed by atoms with van der Waals surface area (Å²) in [5.74, 6) is 2.98. The predicted molar refractivity (Wildman–Crippen MR) is 149 cm³/mol. The van der Waals surface area contributed by atoms with Crippen LogP contribution in [0.1, 0.15) is 43.7 Å². The molecule has 38 heavy (non-hydrogen) atoms. The topological polar surface area (TPSA) is 75.1 Å². The first-order valence-electron chi connectivity index (χ1n) is 13.1. The molecule has 1 N–H and O–H groups in total. The number of hydrogen-bond acceptors (Lipinski definition) is 8. The third-order valence-corrected chi connectivity index (χ3v) is 6.82. The van der Waals surface area contributed by atoms with Crippen molar-refractivity contribution in [1.29, 1.82) is 0 Å². The Bertz CT molecular complexity index is 1230. The van der Waals surface area contributed by atoms with Crippen LogP contribution in [0.15, 0.2) is 47.6 Å². The van der Waals surface area contributed by atoms with E-state index in [2.05, 4.69) is 20.3 Å². The molecular weight excluding hydrogens is 507 g/mol. The van der Waals surface area contributed by atoms with Crippen LogP contribution in [-0.4, -0.2) is 49.0 Å². The second kappa shape index (κ2) is 12.3. The van der Waals surface area contributed by atoms with Crippen LogP contribution in [0.4, 0.5) is 22.0 Å². The molecule has 0 bridgehead atoms. The van der Waals surface area contributed by atoms with E-state index in [4.69, 9.17) is 31.0 Å². The Kier molecular flexibility index (Phi) is 8.43. The van der Waals surface area contributed by atoms with Gasteiger partial charge in [0.15, 0.2) is 17.3 Å². The van der Waals surface area contributed by atoms with E-state index in [1.807, 2.05) is 19.1 Å². The molecule has 0 radical (unpaired) electrons. The number of halogens is 2. The number of nitrogens with one attached hydrogen (secondary N) is 1. The van der Waals surface area contributed by atoms with Crippen molar-refractivity contribution in [3.8, 4) is 11.5 Å². The van der Waals surface area contributed by atoms with Crippen molar-refractivity contribution in [1.82, 2.24) is 9.97 Å². The number of ether oxygens (including phenoxy) is 2. The Balaban J connectivity index is 1.32. The van der Waals surface area contributed by atoms with Gasteiger partial charge in [0.2, 0.25) is 5.95 Å². The molecule has 3 heterocycles. The molecule has 0 amide bonds. The van der Waals surface area contributed by atoms with Crippen molar-refractivity contribution in [3.63, 3.8) is 0 Å². The van der Waals surface area contributed by atoms with Gasteiger partial charge < -0.3 is 19.3 Å². The van der Waals surface area contributed by atoms with Crippen LogP contribution in [-0.2, 0) is 6.61 Å². The quantitative estimate of drug-likeness (QED) is 0.255. The minimum atomic E-state index is -0.291. The fourth-order valence-corrected chi connectivity index (χ4v) is 4.89. The Morgan fingerprint density at radius 1 is 0.974 bits per heavy atom. The second-order valence-corrected chi connectivity index (χ2v) is 9.76. The molecular formula is C28H32ClFN6O2. The van der Waals surface area contributed by atoms with Crippen molar-refractivity contribution in [2.24, 2.45) is 5.10 Å². The molecule has 0 spiro atoms. The molecule has 3 aromatic rings. The van der Waals surface area contributed by atoms with E-state index in [1.165, 1.54) is 25.0 Å². The summed E-state index contributed by atoms with van der Waals surface area (Å²) in [7, 11) is 0. The summed E-state index contributed by atoms with van der Waals surface area (Å²) in [6, 6.07) is 11.7. The Labute approximate surface area is 227 Å². The van der Waals surface area contributed by atoms with Crippen LogP contribution < -0.4 is 24.7 Å². The molecule has 2 aromatic carbocycles. The van der Waals surface area contributed by atoms with Gasteiger partial charge in [-0.25, -0.2) is 4.39 Å². The van der Waals surface area contributed by atoms with E-state index in [-0.39, 0.29) is 12.4 Å². The van der Waals surface area contributed by atoms with E-state index in [0.29, 0.717) is 28.9 Å². The summed E-state index contributed by atoms with van der Waals surface area (Å²) in [6.07, 6.45) is 6.34. The molecule has 8 nitrogen and oxygen atoms in total. The van der Waals surface area contributed by atoms with Crippen LogP contribution in [0.25, 0.3) is 0 Å². The van der Waals surface area contributed by atoms with Crippen molar-refractivity contribution < 1.29 is 13.9 Å². The van der Waals surface area contributed by atoms with Crippen molar-refractivity contribution in [3.05, 3.63) is 64.4 Å². The maximum absolute atomic E-state index is 13.2. The molecule has 2 fully saturated rings. The first-order valence-corrected chi connectivity index (χ1v) is 13.5. The van der Waals surface area contributed by atoms with E-state index < -0.39 is 0 Å². The fourth-order valence-electron chi connectivity index (χ4n) is 4.62. The van der Waals surface area contributed by atoms with E-state index >= 15 is 0 Å². The van der Waals surface area contributed by atoms with E-state index in [0.717, 1.165) is 61.9 Å². The number of aromatic nitrogens is 2. The van der Waals surface area contributed by atoms with Gasteiger partial charge >= 0.3 is 0 Å². The van der Waals surface area contributed by atoms with Crippen LogP contribution >= 0.6 is 11.6 Å². The van der Waals surface area contributed by atoms with Crippen LogP contribution in [0.3, 0.4) is 0 Å². The van der Waals surface area contributed by atoms with Crippen LogP contribution in [0.5, 0.6) is 11.5 Å². The number of rotatable bonds is 10. The Morgan fingerprint density at radius 2 is 1.68 bits per heavy atom. The number of anilines is 3. The van der Waals surface area contributed by atoms with E-state index in [9.17, 15) is 4.39 Å². The fraction of sp³-hybridized carbons (Fsp3) is 0.393. The van der Waals surface area contributed by atoms with Gasteiger partial charge in [0.25, 0.3) is 0 Å². The lowest BCUT2D eigenvalue weighted by atomic mass is 10.2. The largest absolute Gasteiger partial charge is 0.490 e. The molecule has 200 valence electrons. The summed E-state index contributed by atoms with van der Waals surface area (Å²) < 4.78 is 24.9. The zero-order chi connectivity index (χ0) is 26.3. The summed E-state index contributed by atoms with van der Waals surface area (Å²) in [5.41, 5.74) is 4.65. The number of benzene rings is 2. The molecule has 5 rings (SSSR count). The standard InChI is InChI=1S/C28H32ClFN6O2/c1-2-37-24-16-21(15-23(29)27(24)38-19-20-7-9-22(30)10-8-20)18-31-34-25-17-26(35-11-3-4-12-35)33-28(32-25)36-13-5-6-14-36/h7-10,15-18H,2-6,11-14,19H2,1H3,(H,32,33,34)/b31-18-. The molecule has 2 aliphatic rings. The van der Waals surface area contributed by atoms with Gasteiger partial charge in [0, 0.05) is 32.2 Å². The van der Waals surface area contributed by atoms with Gasteiger partial charge in [0.05, 0.1) is 17.8 Å². The van der Waals surface area contributed by atoms with E-state index in [1.54, 1.807) is 24.4 Å². The van der Waals surface area contributed by atoms with Gasteiger partial charge in [-0.1, -0.05) is 23.7 Å². The average molecular weight is 539 g/mol. The predicted octanol–water partition coefficient (Wildman–Crippen LogP) is 5.89. The van der Waals surface area contributed by atoms with Gasteiger partial charge in [-0.05, 0) is 68.0 Å². The van der Waals surface area contributed by atoms with Crippen molar-refractivity contribution in [2.45, 2.75) is 39.2 Å². The average Bonchev–Trinajstić information content (AvgIpc) is 3.65. The summed E-state index contributed by atoms with van der Waals surface area (Å²) >= 11 is 6.57. The molecule has 0 saturated carbocycles. The Hall–Kier alpha value is -3.59. The molecule has 10 heteroatoms. The molecule has 2 aliphatic heterocycles. The first-order chi connectivity index (χ1) is 18.6. The van der Waals surface area contributed by atoms with Crippen LogP contribution in [0.2, 0.25) is 5.02 Å². The van der Waals surface area contributed by atoms with Gasteiger partial charge in [-0.2, -0.15) is 15.1 Å². The number of hydrogen-bond donors (Lipinski definition) is 1. The van der Waals surface area contributed by atoms with Crippen molar-refractivity contribution in [2.75, 3.05) is 48.0 Å². The first kappa shape index (κ1) is 26.0. The molecule has 1 aromatic heterocycles. The molecule has 0 atom stereocenters. The smallest absolute Gasteiger partial charge is 0.229 e. The van der Waals surface area contributed by atoms with Crippen molar-refractivity contribution >= 4 is 35.4 Å². The van der Waals surface area contributed by atoms with Gasteiger partial charge in [-0.3, -0.25) is 5.43 Å². The third kappa shape index (κ3) is 6.45.